The van der Waals surface area contributed by atoms with Crippen molar-refractivity contribution in [3.05, 3.63) is 29.3 Å². The van der Waals surface area contributed by atoms with Crippen LogP contribution in [-0.4, -0.2) is 24.0 Å². The number of benzene rings is 1. The molecule has 88 valence electrons. The summed E-state index contributed by atoms with van der Waals surface area (Å²) in [6.45, 7) is 6.36. The SMILES string of the molecule is CCN1CCC(N)C1c1ccc(C)c(N)c1. The molecule has 1 saturated heterocycles. The number of nitrogens with zero attached hydrogens (tertiary/aromatic N) is 1. The normalized spacial score (nSPS) is 26.2. The molecule has 0 spiro atoms. The highest BCUT2D eigenvalue weighted by Gasteiger charge is 2.31. The number of nitrogens with two attached hydrogens (primary N) is 2. The second-order valence-electron chi connectivity index (χ2n) is 4.64. The van der Waals surface area contributed by atoms with E-state index in [1.54, 1.807) is 0 Å². The van der Waals surface area contributed by atoms with Gasteiger partial charge in [0, 0.05) is 24.3 Å². The Labute approximate surface area is 97.4 Å². The maximum absolute atomic E-state index is 6.18. The van der Waals surface area contributed by atoms with E-state index in [2.05, 4.69) is 30.0 Å². The molecule has 2 atom stereocenters. The van der Waals surface area contributed by atoms with E-state index in [1.807, 2.05) is 6.92 Å². The third-order valence-electron chi connectivity index (χ3n) is 3.60. The van der Waals surface area contributed by atoms with Crippen LogP contribution in [0.4, 0.5) is 5.69 Å². The molecular weight excluding hydrogens is 198 g/mol. The molecular formula is C13H21N3. The molecule has 1 heterocycles. The molecule has 0 radical (unpaired) electrons. The molecule has 2 unspecified atom stereocenters. The van der Waals surface area contributed by atoms with Gasteiger partial charge in [-0.3, -0.25) is 4.90 Å². The standard InChI is InChI=1S/C13H21N3/c1-3-16-7-6-11(14)13(16)10-5-4-9(2)12(15)8-10/h4-5,8,11,13H,3,6-7,14-15H2,1-2H3. The van der Waals surface area contributed by atoms with Crippen molar-refractivity contribution in [1.82, 2.24) is 4.90 Å². The lowest BCUT2D eigenvalue weighted by molar-refractivity contribution is 0.261. The maximum Gasteiger partial charge on any atom is 0.0500 e. The van der Waals surface area contributed by atoms with Crippen molar-refractivity contribution in [3.8, 4) is 0 Å². The van der Waals surface area contributed by atoms with Crippen molar-refractivity contribution < 1.29 is 0 Å². The molecule has 0 saturated carbocycles. The lowest BCUT2D eigenvalue weighted by atomic mass is 9.99. The van der Waals surface area contributed by atoms with Crippen LogP contribution in [-0.2, 0) is 0 Å². The number of hydrogen-bond acceptors (Lipinski definition) is 3. The van der Waals surface area contributed by atoms with Crippen LogP contribution in [0.15, 0.2) is 18.2 Å². The highest BCUT2D eigenvalue weighted by Crippen LogP contribution is 2.32. The first-order valence-corrected chi connectivity index (χ1v) is 5.99. The van der Waals surface area contributed by atoms with Crippen LogP contribution in [0.2, 0.25) is 0 Å². The molecule has 0 bridgehead atoms. The number of aryl methyl sites for hydroxylation is 1. The van der Waals surface area contributed by atoms with Crippen LogP contribution in [0.5, 0.6) is 0 Å². The van der Waals surface area contributed by atoms with Gasteiger partial charge in [0.2, 0.25) is 0 Å². The Morgan fingerprint density at radius 2 is 2.19 bits per heavy atom. The zero-order valence-electron chi connectivity index (χ0n) is 10.1. The van der Waals surface area contributed by atoms with E-state index in [1.165, 1.54) is 5.56 Å². The summed E-state index contributed by atoms with van der Waals surface area (Å²) in [4.78, 5) is 2.43. The van der Waals surface area contributed by atoms with Crippen molar-refractivity contribution >= 4 is 5.69 Å². The van der Waals surface area contributed by atoms with Crippen LogP contribution in [0.3, 0.4) is 0 Å². The summed E-state index contributed by atoms with van der Waals surface area (Å²) < 4.78 is 0. The Bertz CT molecular complexity index is 375. The Morgan fingerprint density at radius 1 is 1.44 bits per heavy atom. The predicted molar refractivity (Wildman–Crippen MR) is 68.2 cm³/mol. The average Bonchev–Trinajstić information content (AvgIpc) is 2.64. The van der Waals surface area contributed by atoms with Gasteiger partial charge >= 0.3 is 0 Å². The maximum atomic E-state index is 6.18. The summed E-state index contributed by atoms with van der Waals surface area (Å²) in [6.07, 6.45) is 1.08. The molecule has 1 aliphatic heterocycles. The number of nitrogen functional groups attached to an aromatic ring is 1. The van der Waals surface area contributed by atoms with Crippen molar-refractivity contribution in [2.75, 3.05) is 18.8 Å². The van der Waals surface area contributed by atoms with E-state index in [0.29, 0.717) is 6.04 Å². The first-order valence-electron chi connectivity index (χ1n) is 5.99. The van der Waals surface area contributed by atoms with Crippen LogP contribution in [0, 0.1) is 6.92 Å². The summed E-state index contributed by atoms with van der Waals surface area (Å²) in [5.74, 6) is 0. The molecule has 3 nitrogen and oxygen atoms in total. The second-order valence-corrected chi connectivity index (χ2v) is 4.64. The van der Waals surface area contributed by atoms with Gasteiger partial charge in [0.25, 0.3) is 0 Å². The molecule has 0 aromatic heterocycles. The number of hydrogen-bond donors (Lipinski definition) is 2. The van der Waals surface area contributed by atoms with E-state index < -0.39 is 0 Å². The number of likely N-dealkylation sites (N-methyl/N-ethyl adjacent to an activating group) is 1. The zero-order chi connectivity index (χ0) is 11.7. The Kier molecular flexibility index (Phi) is 3.17. The molecule has 1 aromatic carbocycles. The third-order valence-corrected chi connectivity index (χ3v) is 3.60. The number of rotatable bonds is 2. The number of anilines is 1. The zero-order valence-corrected chi connectivity index (χ0v) is 10.1. The summed E-state index contributed by atoms with van der Waals surface area (Å²) in [5.41, 5.74) is 15.4. The van der Waals surface area contributed by atoms with Gasteiger partial charge in [-0.1, -0.05) is 19.1 Å². The smallest absolute Gasteiger partial charge is 0.0500 e. The van der Waals surface area contributed by atoms with Gasteiger partial charge in [-0.2, -0.15) is 0 Å². The van der Waals surface area contributed by atoms with Crippen LogP contribution >= 0.6 is 0 Å². The Hall–Kier alpha value is -1.06. The minimum atomic E-state index is 0.238. The summed E-state index contributed by atoms with van der Waals surface area (Å²) in [6, 6.07) is 6.90. The van der Waals surface area contributed by atoms with Gasteiger partial charge in [-0.15, -0.1) is 0 Å². The molecule has 2 rings (SSSR count). The van der Waals surface area contributed by atoms with Crippen molar-refractivity contribution in [1.29, 1.82) is 0 Å². The summed E-state index contributed by atoms with van der Waals surface area (Å²) in [7, 11) is 0. The summed E-state index contributed by atoms with van der Waals surface area (Å²) >= 11 is 0. The molecule has 16 heavy (non-hydrogen) atoms. The van der Waals surface area contributed by atoms with E-state index in [0.717, 1.165) is 30.8 Å². The lowest BCUT2D eigenvalue weighted by Gasteiger charge is -2.26. The fraction of sp³-hybridized carbons (Fsp3) is 0.538. The molecule has 1 fully saturated rings. The Morgan fingerprint density at radius 3 is 2.81 bits per heavy atom. The van der Waals surface area contributed by atoms with Crippen molar-refractivity contribution in [2.24, 2.45) is 5.73 Å². The largest absolute Gasteiger partial charge is 0.399 e. The minimum absolute atomic E-state index is 0.238. The van der Waals surface area contributed by atoms with E-state index in [9.17, 15) is 0 Å². The van der Waals surface area contributed by atoms with Crippen molar-refractivity contribution in [2.45, 2.75) is 32.4 Å². The summed E-state index contributed by atoms with van der Waals surface area (Å²) in [5, 5.41) is 0. The molecule has 0 aliphatic carbocycles. The second kappa shape index (κ2) is 4.44. The van der Waals surface area contributed by atoms with E-state index >= 15 is 0 Å². The first kappa shape index (κ1) is 11.4. The molecule has 1 aliphatic rings. The average molecular weight is 219 g/mol. The lowest BCUT2D eigenvalue weighted by Crippen LogP contribution is -2.31. The van der Waals surface area contributed by atoms with Gasteiger partial charge in [-0.05, 0) is 37.1 Å². The van der Waals surface area contributed by atoms with Crippen LogP contribution in [0.1, 0.15) is 30.5 Å². The first-order chi connectivity index (χ1) is 7.63. The molecule has 4 N–H and O–H groups in total. The van der Waals surface area contributed by atoms with Crippen molar-refractivity contribution in [3.63, 3.8) is 0 Å². The van der Waals surface area contributed by atoms with E-state index in [4.69, 9.17) is 11.5 Å². The van der Waals surface area contributed by atoms with Crippen LogP contribution < -0.4 is 11.5 Å². The fourth-order valence-electron chi connectivity index (χ4n) is 2.54. The predicted octanol–water partition coefficient (Wildman–Crippen LogP) is 1.67. The minimum Gasteiger partial charge on any atom is -0.399 e. The topological polar surface area (TPSA) is 55.3 Å². The molecule has 1 aromatic rings. The van der Waals surface area contributed by atoms with Gasteiger partial charge in [0.1, 0.15) is 0 Å². The van der Waals surface area contributed by atoms with Gasteiger partial charge < -0.3 is 11.5 Å². The van der Waals surface area contributed by atoms with Gasteiger partial charge in [0.15, 0.2) is 0 Å². The quantitative estimate of drug-likeness (QED) is 0.744. The van der Waals surface area contributed by atoms with Gasteiger partial charge in [-0.25, -0.2) is 0 Å². The van der Waals surface area contributed by atoms with Crippen LogP contribution in [0.25, 0.3) is 0 Å². The monoisotopic (exact) mass is 219 g/mol. The molecule has 3 heteroatoms. The highest BCUT2D eigenvalue weighted by molar-refractivity contribution is 5.49. The number of likely N-dealkylation sites (tertiary alicyclic amines) is 1. The Balaban J connectivity index is 2.31. The molecule has 0 amide bonds. The van der Waals surface area contributed by atoms with Gasteiger partial charge in [0.05, 0.1) is 0 Å². The fourth-order valence-corrected chi connectivity index (χ4v) is 2.54. The third kappa shape index (κ3) is 1.93. The van der Waals surface area contributed by atoms with E-state index in [-0.39, 0.29) is 6.04 Å². The highest BCUT2D eigenvalue weighted by atomic mass is 15.2.